The van der Waals surface area contributed by atoms with E-state index in [1.54, 1.807) is 12.0 Å². The summed E-state index contributed by atoms with van der Waals surface area (Å²) < 4.78 is 12.9. The summed E-state index contributed by atoms with van der Waals surface area (Å²) in [4.78, 5) is 35.3. The highest BCUT2D eigenvalue weighted by Crippen LogP contribution is 2.24. The van der Waals surface area contributed by atoms with Crippen molar-refractivity contribution in [2.75, 3.05) is 33.4 Å². The minimum atomic E-state index is -0.550. The predicted octanol–water partition coefficient (Wildman–Crippen LogP) is 4.96. The second-order valence-electron chi connectivity index (χ2n) is 10.8. The first-order chi connectivity index (χ1) is 16.6. The van der Waals surface area contributed by atoms with E-state index in [1.165, 1.54) is 0 Å². The molecular weight excluding hydrogens is 444 g/mol. The van der Waals surface area contributed by atoms with E-state index in [0.29, 0.717) is 38.6 Å². The van der Waals surface area contributed by atoms with Crippen LogP contribution in [-0.4, -0.2) is 76.3 Å². The zero-order valence-electron chi connectivity index (χ0n) is 22.2. The van der Waals surface area contributed by atoms with Crippen molar-refractivity contribution in [2.45, 2.75) is 78.5 Å². The van der Waals surface area contributed by atoms with Crippen molar-refractivity contribution in [3.05, 3.63) is 30.1 Å². The highest BCUT2D eigenvalue weighted by atomic mass is 16.6. The number of imidazole rings is 1. The van der Waals surface area contributed by atoms with E-state index in [4.69, 9.17) is 14.5 Å². The molecule has 194 valence electrons. The lowest BCUT2D eigenvalue weighted by Gasteiger charge is -2.40. The highest BCUT2D eigenvalue weighted by molar-refractivity contribution is 5.95. The maximum Gasteiger partial charge on any atom is 0.410 e. The molecule has 1 aliphatic rings. The molecule has 1 saturated heterocycles. The molecule has 0 aliphatic carbocycles. The number of carbonyl (C=O) groups excluding carboxylic acids is 2. The molecule has 0 bridgehead atoms. The number of hydrogen-bond acceptors (Lipinski definition) is 5. The summed E-state index contributed by atoms with van der Waals surface area (Å²) in [6.07, 6.45) is 3.18. The molecule has 1 aromatic carbocycles. The summed E-state index contributed by atoms with van der Waals surface area (Å²) in [6.45, 7) is 13.0. The van der Waals surface area contributed by atoms with Crippen molar-refractivity contribution in [3.8, 4) is 0 Å². The number of aromatic nitrogens is 2. The Labute approximate surface area is 209 Å². The fourth-order valence-electron chi connectivity index (χ4n) is 4.60. The third-order valence-electron chi connectivity index (χ3n) is 6.14. The summed E-state index contributed by atoms with van der Waals surface area (Å²) in [6, 6.07) is 7.83. The minimum Gasteiger partial charge on any atom is -0.444 e. The van der Waals surface area contributed by atoms with Crippen molar-refractivity contribution < 1.29 is 19.1 Å². The molecule has 3 rings (SSSR count). The van der Waals surface area contributed by atoms with Crippen LogP contribution in [0.1, 0.15) is 70.9 Å². The Hall–Kier alpha value is -2.61. The average Bonchev–Trinajstić information content (AvgIpc) is 3.17. The van der Waals surface area contributed by atoms with Gasteiger partial charge >= 0.3 is 6.09 Å². The Kier molecular flexibility index (Phi) is 9.16. The smallest absolute Gasteiger partial charge is 0.410 e. The third kappa shape index (κ3) is 7.19. The monoisotopic (exact) mass is 486 g/mol. The maximum absolute atomic E-state index is 14.0. The minimum absolute atomic E-state index is 0.0716. The van der Waals surface area contributed by atoms with Gasteiger partial charge in [-0.05, 0) is 64.5 Å². The van der Waals surface area contributed by atoms with Gasteiger partial charge in [-0.2, -0.15) is 0 Å². The van der Waals surface area contributed by atoms with E-state index in [0.717, 1.165) is 36.7 Å². The second-order valence-corrected chi connectivity index (χ2v) is 10.8. The molecular formula is C27H42N4O4. The van der Waals surface area contributed by atoms with Crippen LogP contribution in [-0.2, 0) is 16.0 Å². The van der Waals surface area contributed by atoms with Crippen LogP contribution in [0.25, 0.3) is 11.0 Å². The predicted molar refractivity (Wildman–Crippen MR) is 138 cm³/mol. The van der Waals surface area contributed by atoms with Crippen LogP contribution in [0.15, 0.2) is 24.3 Å². The van der Waals surface area contributed by atoms with E-state index in [1.807, 2.05) is 49.9 Å². The lowest BCUT2D eigenvalue weighted by molar-refractivity contribution is 0.00922. The fraction of sp³-hybridized carbons (Fsp3) is 0.667. The van der Waals surface area contributed by atoms with Crippen LogP contribution < -0.4 is 0 Å². The van der Waals surface area contributed by atoms with Gasteiger partial charge in [0.25, 0.3) is 5.91 Å². The van der Waals surface area contributed by atoms with Gasteiger partial charge in [0, 0.05) is 45.9 Å². The summed E-state index contributed by atoms with van der Waals surface area (Å²) in [5.74, 6) is 0.687. The number of unbranched alkanes of at least 4 members (excludes halogenated alkanes) is 1. The maximum atomic E-state index is 14.0. The Morgan fingerprint density at radius 2 is 1.94 bits per heavy atom. The highest BCUT2D eigenvalue weighted by Gasteiger charge is 2.35. The second kappa shape index (κ2) is 11.9. The molecule has 8 nitrogen and oxygen atoms in total. The van der Waals surface area contributed by atoms with Gasteiger partial charge in [-0.15, -0.1) is 0 Å². The van der Waals surface area contributed by atoms with Gasteiger partial charge in [0.05, 0.1) is 11.0 Å². The zero-order valence-corrected chi connectivity index (χ0v) is 22.2. The number of aryl methyl sites for hydroxylation is 1. The Morgan fingerprint density at radius 1 is 1.20 bits per heavy atom. The van der Waals surface area contributed by atoms with Gasteiger partial charge in [0.2, 0.25) is 0 Å². The summed E-state index contributed by atoms with van der Waals surface area (Å²) >= 11 is 0. The molecule has 8 heteroatoms. The molecule has 0 N–H and O–H groups in total. The number of carbonyl (C=O) groups is 2. The molecule has 35 heavy (non-hydrogen) atoms. The molecule has 2 heterocycles. The summed E-state index contributed by atoms with van der Waals surface area (Å²) in [5, 5.41) is 0. The van der Waals surface area contributed by atoms with Crippen molar-refractivity contribution in [1.29, 1.82) is 0 Å². The summed E-state index contributed by atoms with van der Waals surface area (Å²) in [5.41, 5.74) is 1.24. The topological polar surface area (TPSA) is 76.9 Å². The van der Waals surface area contributed by atoms with Crippen LogP contribution >= 0.6 is 0 Å². The lowest BCUT2D eigenvalue weighted by atomic mass is 10.0. The molecule has 2 amide bonds. The van der Waals surface area contributed by atoms with Crippen molar-refractivity contribution >= 4 is 23.0 Å². The van der Waals surface area contributed by atoms with E-state index in [9.17, 15) is 9.59 Å². The van der Waals surface area contributed by atoms with Crippen LogP contribution in [0.4, 0.5) is 4.79 Å². The van der Waals surface area contributed by atoms with Crippen LogP contribution in [0, 0.1) is 5.92 Å². The number of para-hydroxylation sites is 2. The number of likely N-dealkylation sites (tertiary alicyclic amines) is 1. The van der Waals surface area contributed by atoms with Gasteiger partial charge in [0.1, 0.15) is 5.60 Å². The molecule has 0 spiro atoms. The van der Waals surface area contributed by atoms with E-state index in [2.05, 4.69) is 18.4 Å². The Bertz CT molecular complexity index is 995. The average molecular weight is 487 g/mol. The van der Waals surface area contributed by atoms with E-state index >= 15 is 0 Å². The molecule has 0 radical (unpaired) electrons. The number of nitrogens with zero attached hydrogens (tertiary/aromatic N) is 4. The normalized spacial score (nSPS) is 16.7. The van der Waals surface area contributed by atoms with Gasteiger partial charge < -0.3 is 23.8 Å². The fourth-order valence-corrected chi connectivity index (χ4v) is 4.60. The Balaban J connectivity index is 1.88. The van der Waals surface area contributed by atoms with Crippen molar-refractivity contribution in [2.24, 2.45) is 5.92 Å². The first-order valence-electron chi connectivity index (χ1n) is 12.8. The van der Waals surface area contributed by atoms with Gasteiger partial charge in [-0.3, -0.25) is 4.79 Å². The number of ether oxygens (including phenoxy) is 2. The van der Waals surface area contributed by atoms with Crippen molar-refractivity contribution in [3.63, 3.8) is 0 Å². The number of fused-ring (bicyclic) bond motifs is 1. The third-order valence-corrected chi connectivity index (χ3v) is 6.14. The molecule has 1 aliphatic heterocycles. The SMILES string of the molecule is COCCCCn1c(C(=O)N(CC(C)C)[C@H]2CCCN(C(=O)OC(C)(C)C)C2)nc2ccccc21. The molecule has 2 aromatic rings. The number of benzene rings is 1. The van der Waals surface area contributed by atoms with Crippen LogP contribution in [0.3, 0.4) is 0 Å². The van der Waals surface area contributed by atoms with Gasteiger partial charge in [-0.25, -0.2) is 9.78 Å². The van der Waals surface area contributed by atoms with Gasteiger partial charge in [0.15, 0.2) is 5.82 Å². The van der Waals surface area contributed by atoms with E-state index in [-0.39, 0.29) is 24.0 Å². The quantitative estimate of drug-likeness (QED) is 0.468. The van der Waals surface area contributed by atoms with Crippen LogP contribution in [0.2, 0.25) is 0 Å². The first kappa shape index (κ1) is 27.0. The largest absolute Gasteiger partial charge is 0.444 e. The number of amides is 2. The molecule has 1 aromatic heterocycles. The van der Waals surface area contributed by atoms with Crippen molar-refractivity contribution in [1.82, 2.24) is 19.4 Å². The molecule has 0 saturated carbocycles. The zero-order chi connectivity index (χ0) is 25.6. The number of methoxy groups -OCH3 is 1. The molecule has 1 fully saturated rings. The standard InChI is InChI=1S/C27H42N4O4/c1-20(2)18-31(21-12-11-15-29(19-21)26(33)35-27(3,4)5)25(32)24-28-22-13-7-8-14-23(22)30(24)16-9-10-17-34-6/h7-8,13-14,20-21H,9-12,15-19H2,1-6H3/t21-/m0/s1. The Morgan fingerprint density at radius 3 is 2.63 bits per heavy atom. The molecule has 1 atom stereocenters. The lowest BCUT2D eigenvalue weighted by Crippen LogP contribution is -2.53. The number of piperidine rings is 1. The first-order valence-corrected chi connectivity index (χ1v) is 12.8. The van der Waals surface area contributed by atoms with E-state index < -0.39 is 5.60 Å². The van der Waals surface area contributed by atoms with Crippen LogP contribution in [0.5, 0.6) is 0 Å². The van der Waals surface area contributed by atoms with Gasteiger partial charge in [-0.1, -0.05) is 26.0 Å². The number of hydrogen-bond donors (Lipinski definition) is 0. The molecule has 0 unspecified atom stereocenters. The number of rotatable bonds is 9. The summed E-state index contributed by atoms with van der Waals surface area (Å²) in [7, 11) is 1.70.